The Morgan fingerprint density at radius 1 is 0.971 bits per heavy atom. The molecule has 1 aliphatic rings. The number of hydrogen-bond acceptors (Lipinski definition) is 5. The van der Waals surface area contributed by atoms with Crippen LogP contribution in [-0.2, 0) is 4.79 Å². The van der Waals surface area contributed by atoms with E-state index in [9.17, 15) is 19.8 Å². The lowest BCUT2D eigenvalue weighted by Crippen LogP contribution is -2.55. The first-order valence-corrected chi connectivity index (χ1v) is 11.0. The van der Waals surface area contributed by atoms with Crippen molar-refractivity contribution in [2.24, 2.45) is 5.41 Å². The van der Waals surface area contributed by atoms with E-state index in [1.165, 1.54) is 6.92 Å². The summed E-state index contributed by atoms with van der Waals surface area (Å²) in [5.74, 6) is -0.372. The number of amides is 2. The SMILES string of the molecule is CC(CO)(CO)C(=O)N1CCN(C(=O)c2ccc(/C=C/c3n[nH]c4ccccc34)cc2)CC1.Cl. The molecule has 0 saturated carbocycles. The first-order chi connectivity index (χ1) is 15.9. The molecule has 1 fully saturated rings. The molecule has 1 aromatic heterocycles. The number of hydrogen-bond donors (Lipinski definition) is 3. The summed E-state index contributed by atoms with van der Waals surface area (Å²) in [7, 11) is 0. The van der Waals surface area contributed by atoms with Crippen LogP contribution in [0.5, 0.6) is 0 Å². The first-order valence-electron chi connectivity index (χ1n) is 11.0. The normalized spacial score (nSPS) is 14.4. The van der Waals surface area contributed by atoms with Crippen molar-refractivity contribution in [3.63, 3.8) is 0 Å². The van der Waals surface area contributed by atoms with E-state index in [1.54, 1.807) is 21.9 Å². The predicted octanol–water partition coefficient (Wildman–Crippen LogP) is 2.43. The third kappa shape index (κ3) is 5.14. The molecule has 2 amide bonds. The van der Waals surface area contributed by atoms with Crippen molar-refractivity contribution >= 4 is 47.3 Å². The topological polar surface area (TPSA) is 110 Å². The number of benzene rings is 2. The van der Waals surface area contributed by atoms with E-state index in [2.05, 4.69) is 10.2 Å². The minimum Gasteiger partial charge on any atom is -0.395 e. The number of nitrogens with one attached hydrogen (secondary N) is 1. The molecule has 1 saturated heterocycles. The summed E-state index contributed by atoms with van der Waals surface area (Å²) in [4.78, 5) is 28.8. The standard InChI is InChI=1S/C25H28N4O4.ClH/c1-25(16-30,17-31)24(33)29-14-12-28(13-15-29)23(32)19-9-6-18(7-10-19)8-11-22-20-4-2-3-5-21(20)26-27-22;/h2-11,30-31H,12-17H2,1H3,(H,26,27);1H/b11-8+;. The van der Waals surface area contributed by atoms with E-state index >= 15 is 0 Å². The number of halogens is 1. The molecule has 9 heteroatoms. The van der Waals surface area contributed by atoms with E-state index in [0.717, 1.165) is 22.2 Å². The molecule has 0 atom stereocenters. The van der Waals surface area contributed by atoms with Gasteiger partial charge in [-0.15, -0.1) is 12.4 Å². The van der Waals surface area contributed by atoms with Crippen LogP contribution in [0.25, 0.3) is 23.1 Å². The Bertz CT molecular complexity index is 1160. The Morgan fingerprint density at radius 2 is 1.59 bits per heavy atom. The Hall–Kier alpha value is -3.20. The fraction of sp³-hybridized carbons (Fsp3) is 0.320. The number of aliphatic hydroxyl groups excluding tert-OH is 2. The molecule has 3 N–H and O–H groups in total. The van der Waals surface area contributed by atoms with Crippen molar-refractivity contribution in [3.05, 3.63) is 65.4 Å². The molecular formula is C25H29ClN4O4. The fourth-order valence-electron chi connectivity index (χ4n) is 3.89. The van der Waals surface area contributed by atoms with Crippen LogP contribution in [0.3, 0.4) is 0 Å². The molecule has 0 unspecified atom stereocenters. The minimum atomic E-state index is -1.20. The maximum atomic E-state index is 12.9. The molecule has 0 radical (unpaired) electrons. The second-order valence-corrected chi connectivity index (χ2v) is 8.57. The van der Waals surface area contributed by atoms with Gasteiger partial charge in [0.1, 0.15) is 0 Å². The Balaban J connectivity index is 0.00000324. The number of para-hydroxylation sites is 1. The summed E-state index contributed by atoms with van der Waals surface area (Å²) in [5.41, 5.74) is 2.19. The van der Waals surface area contributed by atoms with Gasteiger partial charge < -0.3 is 20.0 Å². The van der Waals surface area contributed by atoms with Gasteiger partial charge in [-0.3, -0.25) is 14.7 Å². The highest BCUT2D eigenvalue weighted by Crippen LogP contribution is 2.21. The molecule has 0 aliphatic carbocycles. The van der Waals surface area contributed by atoms with Crippen molar-refractivity contribution in [2.45, 2.75) is 6.92 Å². The third-order valence-corrected chi connectivity index (χ3v) is 6.16. The Kier molecular flexibility index (Phi) is 8.09. The summed E-state index contributed by atoms with van der Waals surface area (Å²) < 4.78 is 0. The smallest absolute Gasteiger partial charge is 0.253 e. The monoisotopic (exact) mass is 484 g/mol. The van der Waals surface area contributed by atoms with Gasteiger partial charge >= 0.3 is 0 Å². The molecule has 3 aromatic rings. The van der Waals surface area contributed by atoms with E-state index in [-0.39, 0.29) is 24.2 Å². The summed E-state index contributed by atoms with van der Waals surface area (Å²) in [6.07, 6.45) is 3.90. The molecule has 4 rings (SSSR count). The number of aromatic amines is 1. The zero-order chi connectivity index (χ0) is 23.4. The molecule has 34 heavy (non-hydrogen) atoms. The van der Waals surface area contributed by atoms with E-state index in [1.807, 2.05) is 48.6 Å². The van der Waals surface area contributed by atoms with Crippen molar-refractivity contribution < 1.29 is 19.8 Å². The average molecular weight is 485 g/mol. The molecule has 8 nitrogen and oxygen atoms in total. The zero-order valence-corrected chi connectivity index (χ0v) is 19.8. The zero-order valence-electron chi connectivity index (χ0n) is 19.0. The van der Waals surface area contributed by atoms with Crippen LogP contribution in [-0.4, -0.2) is 81.4 Å². The lowest BCUT2D eigenvalue weighted by molar-refractivity contribution is -0.147. The predicted molar refractivity (Wildman–Crippen MR) is 133 cm³/mol. The highest BCUT2D eigenvalue weighted by molar-refractivity contribution is 5.95. The van der Waals surface area contributed by atoms with Crippen LogP contribution in [0.15, 0.2) is 48.5 Å². The van der Waals surface area contributed by atoms with Gasteiger partial charge in [-0.2, -0.15) is 5.10 Å². The Morgan fingerprint density at radius 3 is 2.24 bits per heavy atom. The summed E-state index contributed by atoms with van der Waals surface area (Å²) >= 11 is 0. The largest absolute Gasteiger partial charge is 0.395 e. The molecule has 180 valence electrons. The van der Waals surface area contributed by atoms with Crippen LogP contribution in [0.4, 0.5) is 0 Å². The van der Waals surface area contributed by atoms with Crippen LogP contribution < -0.4 is 0 Å². The number of carbonyl (C=O) groups is 2. The van der Waals surface area contributed by atoms with Gasteiger partial charge in [-0.1, -0.05) is 36.4 Å². The minimum absolute atomic E-state index is 0. The van der Waals surface area contributed by atoms with Gasteiger partial charge in [0.2, 0.25) is 5.91 Å². The Labute approximate surface area is 204 Å². The summed E-state index contributed by atoms with van der Waals surface area (Å²) in [5, 5.41) is 27.3. The highest BCUT2D eigenvalue weighted by atomic mass is 35.5. The van der Waals surface area contributed by atoms with Crippen molar-refractivity contribution in [3.8, 4) is 0 Å². The molecular weight excluding hydrogens is 456 g/mol. The van der Waals surface area contributed by atoms with Gasteiger partial charge in [-0.25, -0.2) is 0 Å². The van der Waals surface area contributed by atoms with Crippen LogP contribution in [0, 0.1) is 5.41 Å². The molecule has 2 aromatic carbocycles. The van der Waals surface area contributed by atoms with Gasteiger partial charge in [0.15, 0.2) is 0 Å². The number of aromatic nitrogens is 2. The molecule has 0 bridgehead atoms. The molecule has 0 spiro atoms. The number of aliphatic hydroxyl groups is 2. The number of H-pyrrole nitrogens is 1. The van der Waals surface area contributed by atoms with Gasteiger partial charge in [0, 0.05) is 37.1 Å². The summed E-state index contributed by atoms with van der Waals surface area (Å²) in [6, 6.07) is 15.3. The third-order valence-electron chi connectivity index (χ3n) is 6.16. The highest BCUT2D eigenvalue weighted by Gasteiger charge is 2.37. The van der Waals surface area contributed by atoms with Crippen LogP contribution in [0.1, 0.15) is 28.5 Å². The van der Waals surface area contributed by atoms with Crippen molar-refractivity contribution in [1.82, 2.24) is 20.0 Å². The number of carbonyl (C=O) groups excluding carboxylic acids is 2. The first kappa shape index (κ1) is 25.4. The average Bonchev–Trinajstić information content (AvgIpc) is 3.29. The number of rotatable bonds is 6. The van der Waals surface area contributed by atoms with Crippen LogP contribution in [0.2, 0.25) is 0 Å². The second kappa shape index (κ2) is 10.8. The maximum absolute atomic E-state index is 12.9. The van der Waals surface area contributed by atoms with Gasteiger partial charge in [0.05, 0.1) is 29.8 Å². The second-order valence-electron chi connectivity index (χ2n) is 8.57. The molecule has 1 aliphatic heterocycles. The number of nitrogens with zero attached hydrogens (tertiary/aromatic N) is 3. The lowest BCUT2D eigenvalue weighted by atomic mass is 9.91. The molecule has 2 heterocycles. The fourth-order valence-corrected chi connectivity index (χ4v) is 3.89. The van der Waals surface area contributed by atoms with Gasteiger partial charge in [0.25, 0.3) is 5.91 Å². The number of fused-ring (bicyclic) bond motifs is 1. The van der Waals surface area contributed by atoms with E-state index < -0.39 is 18.6 Å². The quantitative estimate of drug-likeness (QED) is 0.498. The van der Waals surface area contributed by atoms with Gasteiger partial charge in [-0.05, 0) is 36.8 Å². The maximum Gasteiger partial charge on any atom is 0.253 e. The van der Waals surface area contributed by atoms with Crippen molar-refractivity contribution in [1.29, 1.82) is 0 Å². The van der Waals surface area contributed by atoms with Crippen LogP contribution >= 0.6 is 12.4 Å². The number of piperazine rings is 1. The van der Waals surface area contributed by atoms with E-state index in [0.29, 0.717) is 31.7 Å². The van der Waals surface area contributed by atoms with Crippen molar-refractivity contribution in [2.75, 3.05) is 39.4 Å². The lowest BCUT2D eigenvalue weighted by Gasteiger charge is -2.38. The van der Waals surface area contributed by atoms with E-state index in [4.69, 9.17) is 0 Å². The summed E-state index contributed by atoms with van der Waals surface area (Å²) in [6.45, 7) is 2.27.